The van der Waals surface area contributed by atoms with E-state index in [0.29, 0.717) is 18.5 Å². The van der Waals surface area contributed by atoms with Gasteiger partial charge in [-0.2, -0.15) is 13.5 Å². The van der Waals surface area contributed by atoms with E-state index in [1.165, 1.54) is 17.3 Å². The quantitative estimate of drug-likeness (QED) is 0.706. The molecule has 9 heteroatoms. The fourth-order valence-electron chi connectivity index (χ4n) is 2.06. The van der Waals surface area contributed by atoms with Gasteiger partial charge in [0, 0.05) is 25.5 Å². The molecule has 1 aromatic rings. The Kier molecular flexibility index (Phi) is 11.0. The van der Waals surface area contributed by atoms with E-state index in [1.54, 1.807) is 12.1 Å². The molecule has 122 valence electrons. The number of nitrogens with zero attached hydrogens (tertiary/aromatic N) is 2. The van der Waals surface area contributed by atoms with Gasteiger partial charge in [0.25, 0.3) is 0 Å². The van der Waals surface area contributed by atoms with Crippen LogP contribution in [0.3, 0.4) is 0 Å². The molecule has 0 aliphatic carbocycles. The van der Waals surface area contributed by atoms with Crippen LogP contribution in [0.1, 0.15) is 18.1 Å². The van der Waals surface area contributed by atoms with Gasteiger partial charge in [-0.15, -0.1) is 24.8 Å². The number of amides is 1. The number of hydrogen-bond donors (Lipinski definition) is 3. The Morgan fingerprint density at radius 3 is 2.43 bits per heavy atom. The third-order valence-corrected chi connectivity index (χ3v) is 3.15. The topological polar surface area (TPSA) is 99.7 Å². The molecule has 0 bridgehead atoms. The SMILES string of the molecule is Cl.Cl.N[C@@H](C(=O)N1CC[C@@H](O)C1)[C@@H](O)c1ccncc1.S. The van der Waals surface area contributed by atoms with Crippen LogP contribution in [-0.4, -0.2) is 51.2 Å². The number of aliphatic hydroxyl groups is 2. The zero-order valence-corrected chi connectivity index (χ0v) is 13.9. The Morgan fingerprint density at radius 1 is 1.38 bits per heavy atom. The molecular weight excluding hydrogens is 337 g/mol. The Morgan fingerprint density at radius 2 is 1.95 bits per heavy atom. The molecule has 0 spiro atoms. The third-order valence-electron chi connectivity index (χ3n) is 3.15. The molecule has 4 N–H and O–H groups in total. The zero-order valence-electron chi connectivity index (χ0n) is 11.3. The maximum atomic E-state index is 12.0. The van der Waals surface area contributed by atoms with Crippen LogP contribution in [0.25, 0.3) is 0 Å². The average molecular weight is 358 g/mol. The third kappa shape index (κ3) is 5.61. The van der Waals surface area contributed by atoms with Gasteiger partial charge < -0.3 is 20.8 Å². The summed E-state index contributed by atoms with van der Waals surface area (Å²) >= 11 is 0. The molecule has 1 aliphatic heterocycles. The lowest BCUT2D eigenvalue weighted by atomic mass is 10.0. The molecule has 1 aromatic heterocycles. The number of carbonyl (C=O) groups excluding carboxylic acids is 1. The molecule has 0 saturated carbocycles. The maximum Gasteiger partial charge on any atom is 0.242 e. The van der Waals surface area contributed by atoms with Crippen molar-refractivity contribution in [3.63, 3.8) is 0 Å². The fourth-order valence-corrected chi connectivity index (χ4v) is 2.06. The van der Waals surface area contributed by atoms with Crippen LogP contribution in [0.5, 0.6) is 0 Å². The van der Waals surface area contributed by atoms with Gasteiger partial charge >= 0.3 is 0 Å². The van der Waals surface area contributed by atoms with Crippen molar-refractivity contribution in [1.29, 1.82) is 0 Å². The first-order chi connectivity index (χ1) is 8.59. The van der Waals surface area contributed by atoms with E-state index >= 15 is 0 Å². The van der Waals surface area contributed by atoms with E-state index in [-0.39, 0.29) is 50.8 Å². The van der Waals surface area contributed by atoms with Crippen molar-refractivity contribution < 1.29 is 15.0 Å². The number of aromatic nitrogens is 1. The van der Waals surface area contributed by atoms with Crippen LogP contribution in [0.4, 0.5) is 0 Å². The number of aliphatic hydroxyl groups excluding tert-OH is 2. The summed E-state index contributed by atoms with van der Waals surface area (Å²) in [6, 6.07) is 2.23. The summed E-state index contributed by atoms with van der Waals surface area (Å²) in [6.07, 6.45) is 2.09. The number of rotatable bonds is 3. The second-order valence-corrected chi connectivity index (χ2v) is 4.48. The predicted molar refractivity (Wildman–Crippen MR) is 89.3 cm³/mol. The molecule has 1 aliphatic rings. The van der Waals surface area contributed by atoms with E-state index in [4.69, 9.17) is 5.73 Å². The van der Waals surface area contributed by atoms with Gasteiger partial charge in [0.15, 0.2) is 0 Å². The Hall–Kier alpha value is -0.570. The first kappa shape index (κ1) is 22.7. The minimum absolute atomic E-state index is 0. The monoisotopic (exact) mass is 357 g/mol. The first-order valence-electron chi connectivity index (χ1n) is 5.90. The molecule has 21 heavy (non-hydrogen) atoms. The molecule has 2 heterocycles. The van der Waals surface area contributed by atoms with Gasteiger partial charge in [-0.05, 0) is 24.1 Å². The van der Waals surface area contributed by atoms with Crippen molar-refractivity contribution in [3.8, 4) is 0 Å². The van der Waals surface area contributed by atoms with Crippen molar-refractivity contribution >= 4 is 44.2 Å². The van der Waals surface area contributed by atoms with Gasteiger partial charge in [0.2, 0.25) is 5.91 Å². The number of carbonyl (C=O) groups is 1. The summed E-state index contributed by atoms with van der Waals surface area (Å²) < 4.78 is 0. The summed E-state index contributed by atoms with van der Waals surface area (Å²) in [5.41, 5.74) is 6.34. The summed E-state index contributed by atoms with van der Waals surface area (Å²) in [4.78, 5) is 17.3. The summed E-state index contributed by atoms with van der Waals surface area (Å²) in [7, 11) is 0. The molecule has 0 radical (unpaired) electrons. The lowest BCUT2D eigenvalue weighted by Crippen LogP contribution is -2.46. The largest absolute Gasteiger partial charge is 0.391 e. The average Bonchev–Trinajstić information content (AvgIpc) is 2.84. The Labute approximate surface area is 143 Å². The van der Waals surface area contributed by atoms with Gasteiger partial charge in [-0.3, -0.25) is 9.78 Å². The van der Waals surface area contributed by atoms with Gasteiger partial charge in [0.05, 0.1) is 6.10 Å². The number of likely N-dealkylation sites (tertiary alicyclic amines) is 1. The second kappa shape index (κ2) is 10.2. The first-order valence-corrected chi connectivity index (χ1v) is 5.90. The van der Waals surface area contributed by atoms with Gasteiger partial charge in [-0.25, -0.2) is 0 Å². The van der Waals surface area contributed by atoms with Crippen LogP contribution in [0, 0.1) is 0 Å². The lowest BCUT2D eigenvalue weighted by Gasteiger charge is -2.24. The highest BCUT2D eigenvalue weighted by Gasteiger charge is 2.32. The van der Waals surface area contributed by atoms with Crippen LogP contribution < -0.4 is 5.73 Å². The fraction of sp³-hybridized carbons (Fsp3) is 0.500. The van der Waals surface area contributed by atoms with Crippen molar-refractivity contribution in [1.82, 2.24) is 9.88 Å². The van der Waals surface area contributed by atoms with Crippen LogP contribution >= 0.6 is 38.3 Å². The highest BCUT2D eigenvalue weighted by molar-refractivity contribution is 7.59. The van der Waals surface area contributed by atoms with E-state index < -0.39 is 18.2 Å². The predicted octanol–water partition coefficient (Wildman–Crippen LogP) is -0.00810. The van der Waals surface area contributed by atoms with Crippen molar-refractivity contribution in [3.05, 3.63) is 30.1 Å². The molecule has 1 fully saturated rings. The molecule has 6 nitrogen and oxygen atoms in total. The maximum absolute atomic E-state index is 12.0. The molecular formula is C12H21Cl2N3O3S. The molecule has 2 rings (SSSR count). The number of hydrogen-bond acceptors (Lipinski definition) is 5. The van der Waals surface area contributed by atoms with Gasteiger partial charge in [0.1, 0.15) is 12.1 Å². The minimum atomic E-state index is -1.06. The van der Waals surface area contributed by atoms with Crippen LogP contribution in [-0.2, 0) is 4.79 Å². The van der Waals surface area contributed by atoms with Crippen molar-refractivity contribution in [2.45, 2.75) is 24.7 Å². The van der Waals surface area contributed by atoms with Crippen LogP contribution in [0.2, 0.25) is 0 Å². The molecule has 3 atom stereocenters. The molecule has 1 saturated heterocycles. The summed E-state index contributed by atoms with van der Waals surface area (Å²) in [6.45, 7) is 0.770. The molecule has 1 amide bonds. The minimum Gasteiger partial charge on any atom is -0.391 e. The van der Waals surface area contributed by atoms with Gasteiger partial charge in [-0.1, -0.05) is 0 Å². The van der Waals surface area contributed by atoms with E-state index in [1.807, 2.05) is 0 Å². The number of halogens is 2. The smallest absolute Gasteiger partial charge is 0.242 e. The number of nitrogens with two attached hydrogens (primary N) is 1. The van der Waals surface area contributed by atoms with E-state index in [9.17, 15) is 15.0 Å². The highest BCUT2D eigenvalue weighted by Crippen LogP contribution is 2.18. The van der Waals surface area contributed by atoms with Crippen molar-refractivity contribution in [2.24, 2.45) is 5.73 Å². The standard InChI is InChI=1S/C12H17N3O3.2ClH.H2S/c13-10(11(17)8-1-4-14-5-2-8)12(18)15-6-3-9(16)7-15;;;/h1-2,4-5,9-11,16-17H,3,6-7,13H2;2*1H;1H2/t9-,10-,11+;;;/m1.../s1. The normalized spacial score (nSPS) is 19.6. The van der Waals surface area contributed by atoms with E-state index in [0.717, 1.165) is 0 Å². The summed E-state index contributed by atoms with van der Waals surface area (Å²) in [5, 5.41) is 19.4. The lowest BCUT2D eigenvalue weighted by molar-refractivity contribution is -0.134. The Bertz CT molecular complexity index is 427. The highest BCUT2D eigenvalue weighted by atomic mass is 35.5. The zero-order chi connectivity index (χ0) is 13.1. The molecule has 0 aromatic carbocycles. The Balaban J connectivity index is 0. The number of pyridine rings is 1. The van der Waals surface area contributed by atoms with Crippen LogP contribution in [0.15, 0.2) is 24.5 Å². The van der Waals surface area contributed by atoms with E-state index in [2.05, 4.69) is 4.98 Å². The number of β-amino-alcohol motifs (C(OH)–C–C–N with tert-alkyl or cyclic N) is 1. The summed E-state index contributed by atoms with van der Waals surface area (Å²) in [5.74, 6) is -0.337. The second-order valence-electron chi connectivity index (χ2n) is 4.48. The van der Waals surface area contributed by atoms with Crippen molar-refractivity contribution in [2.75, 3.05) is 13.1 Å². The molecule has 0 unspecified atom stereocenters.